The summed E-state index contributed by atoms with van der Waals surface area (Å²) in [7, 11) is -0.661. The normalized spacial score (nSPS) is 11.6. The highest BCUT2D eigenvalue weighted by atomic mass is 32.2. The van der Waals surface area contributed by atoms with Crippen molar-refractivity contribution < 1.29 is 13.2 Å². The first-order valence-corrected chi connectivity index (χ1v) is 8.98. The minimum Gasteiger partial charge on any atom is -0.322 e. The van der Waals surface area contributed by atoms with Crippen LogP contribution in [0.1, 0.15) is 27.0 Å². The molecule has 1 amide bonds. The number of carbonyl (C=O) groups is 1. The van der Waals surface area contributed by atoms with E-state index < -0.39 is 10.0 Å². The maximum atomic E-state index is 12.5. The molecule has 0 unspecified atom stereocenters. The molecule has 0 aliphatic heterocycles. The zero-order valence-electron chi connectivity index (χ0n) is 14.5. The van der Waals surface area contributed by atoms with Crippen LogP contribution in [0.2, 0.25) is 0 Å². The summed E-state index contributed by atoms with van der Waals surface area (Å²) in [6, 6.07) is 10.6. The van der Waals surface area contributed by atoms with E-state index in [0.29, 0.717) is 16.8 Å². The molecule has 0 aliphatic carbocycles. The smallest absolute Gasteiger partial charge is 0.255 e. The molecule has 2 rings (SSSR count). The van der Waals surface area contributed by atoms with Gasteiger partial charge in [-0.05, 0) is 61.7 Å². The van der Waals surface area contributed by atoms with Crippen molar-refractivity contribution in [3.8, 4) is 0 Å². The monoisotopic (exact) mass is 346 g/mol. The van der Waals surface area contributed by atoms with Gasteiger partial charge in [0.15, 0.2) is 0 Å². The van der Waals surface area contributed by atoms with Crippen molar-refractivity contribution >= 4 is 21.6 Å². The fourth-order valence-corrected chi connectivity index (χ4v) is 3.57. The van der Waals surface area contributed by atoms with Crippen LogP contribution >= 0.6 is 0 Å². The zero-order chi connectivity index (χ0) is 18.1. The number of rotatable bonds is 4. The molecule has 0 radical (unpaired) electrons. The molecule has 0 saturated carbocycles. The molecule has 0 bridgehead atoms. The first-order chi connectivity index (χ1) is 11.1. The Bertz CT molecular complexity index is 887. The average Bonchev–Trinajstić information content (AvgIpc) is 2.49. The maximum absolute atomic E-state index is 12.5. The number of nitrogens with zero attached hydrogens (tertiary/aromatic N) is 1. The SMILES string of the molecule is Cc1cccc(NC(=O)c2cc(C)c(C)c(S(=O)(=O)N(C)C)c2)c1. The number of aryl methyl sites for hydroxylation is 2. The molecule has 0 heterocycles. The predicted molar refractivity (Wildman–Crippen MR) is 95.9 cm³/mol. The summed E-state index contributed by atoms with van der Waals surface area (Å²) < 4.78 is 26.1. The first kappa shape index (κ1) is 18.2. The number of carbonyl (C=O) groups excluding carboxylic acids is 1. The lowest BCUT2D eigenvalue weighted by Gasteiger charge is -2.16. The zero-order valence-corrected chi connectivity index (χ0v) is 15.4. The Morgan fingerprint density at radius 3 is 2.29 bits per heavy atom. The van der Waals surface area contributed by atoms with Crippen molar-refractivity contribution in [1.82, 2.24) is 4.31 Å². The summed E-state index contributed by atoms with van der Waals surface area (Å²) in [6.07, 6.45) is 0. The van der Waals surface area contributed by atoms with Gasteiger partial charge in [0.25, 0.3) is 5.91 Å². The van der Waals surface area contributed by atoms with E-state index >= 15 is 0 Å². The Morgan fingerprint density at radius 2 is 1.71 bits per heavy atom. The van der Waals surface area contributed by atoms with E-state index in [1.54, 1.807) is 26.0 Å². The molecule has 0 spiro atoms. The number of amides is 1. The molecule has 0 saturated heterocycles. The fraction of sp³-hybridized carbons (Fsp3) is 0.278. The second-order valence-corrected chi connectivity index (χ2v) is 8.15. The van der Waals surface area contributed by atoms with Gasteiger partial charge in [-0.15, -0.1) is 0 Å². The van der Waals surface area contributed by atoms with Gasteiger partial charge in [0, 0.05) is 25.3 Å². The number of anilines is 1. The molecule has 0 aromatic heterocycles. The highest BCUT2D eigenvalue weighted by Gasteiger charge is 2.23. The highest BCUT2D eigenvalue weighted by Crippen LogP contribution is 2.24. The molecule has 24 heavy (non-hydrogen) atoms. The van der Waals surface area contributed by atoms with Crippen molar-refractivity contribution in [2.75, 3.05) is 19.4 Å². The number of nitrogens with one attached hydrogen (secondary N) is 1. The molecule has 6 heteroatoms. The van der Waals surface area contributed by atoms with E-state index in [-0.39, 0.29) is 10.8 Å². The van der Waals surface area contributed by atoms with Gasteiger partial charge < -0.3 is 5.32 Å². The standard InChI is InChI=1S/C18H22N2O3S/c1-12-7-6-8-16(9-12)19-18(21)15-10-13(2)14(3)17(11-15)24(22,23)20(4)5/h6-11H,1-5H3,(H,19,21). The van der Waals surface area contributed by atoms with Crippen molar-refractivity contribution in [1.29, 1.82) is 0 Å². The minimum absolute atomic E-state index is 0.155. The Labute approximate surface area is 143 Å². The Balaban J connectivity index is 2.45. The van der Waals surface area contributed by atoms with E-state index in [1.807, 2.05) is 25.1 Å². The molecular weight excluding hydrogens is 324 g/mol. The van der Waals surface area contributed by atoms with E-state index in [4.69, 9.17) is 0 Å². The lowest BCUT2D eigenvalue weighted by molar-refractivity contribution is 0.102. The summed E-state index contributed by atoms with van der Waals surface area (Å²) in [5.74, 6) is -0.334. The van der Waals surface area contributed by atoms with Crippen LogP contribution in [0.4, 0.5) is 5.69 Å². The summed E-state index contributed by atoms with van der Waals surface area (Å²) in [5, 5.41) is 2.81. The van der Waals surface area contributed by atoms with Crippen LogP contribution in [0.15, 0.2) is 41.3 Å². The van der Waals surface area contributed by atoms with Gasteiger partial charge in [-0.3, -0.25) is 4.79 Å². The number of hydrogen-bond acceptors (Lipinski definition) is 3. The Kier molecular flexibility index (Phi) is 5.11. The summed E-state index contributed by atoms with van der Waals surface area (Å²) in [5.41, 5.74) is 3.43. The second kappa shape index (κ2) is 6.75. The average molecular weight is 346 g/mol. The molecule has 0 fully saturated rings. The van der Waals surface area contributed by atoms with Crippen molar-refractivity contribution in [3.63, 3.8) is 0 Å². The molecule has 128 valence electrons. The van der Waals surface area contributed by atoms with Crippen LogP contribution in [0, 0.1) is 20.8 Å². The molecule has 0 aliphatic rings. The summed E-state index contributed by atoms with van der Waals surface area (Å²) >= 11 is 0. The summed E-state index contributed by atoms with van der Waals surface area (Å²) in [6.45, 7) is 5.48. The van der Waals surface area contributed by atoms with Crippen molar-refractivity contribution in [3.05, 3.63) is 58.7 Å². The van der Waals surface area contributed by atoms with Crippen molar-refractivity contribution in [2.24, 2.45) is 0 Å². The van der Waals surface area contributed by atoms with Gasteiger partial charge in [-0.1, -0.05) is 12.1 Å². The largest absolute Gasteiger partial charge is 0.322 e. The van der Waals surface area contributed by atoms with E-state index in [1.165, 1.54) is 20.2 Å². The second-order valence-electron chi connectivity index (χ2n) is 6.03. The lowest BCUT2D eigenvalue weighted by atomic mass is 10.1. The van der Waals surface area contributed by atoms with Gasteiger partial charge in [0.05, 0.1) is 4.90 Å². The maximum Gasteiger partial charge on any atom is 0.255 e. The van der Waals surface area contributed by atoms with Crippen LogP contribution in [0.3, 0.4) is 0 Å². The fourth-order valence-electron chi connectivity index (χ4n) is 2.35. The van der Waals surface area contributed by atoms with Gasteiger partial charge in [0.2, 0.25) is 10.0 Å². The molecule has 0 atom stereocenters. The lowest BCUT2D eigenvalue weighted by Crippen LogP contribution is -2.24. The van der Waals surface area contributed by atoms with Crippen LogP contribution in [0.5, 0.6) is 0 Å². The third kappa shape index (κ3) is 3.66. The van der Waals surface area contributed by atoms with E-state index in [0.717, 1.165) is 15.4 Å². The predicted octanol–water partition coefficient (Wildman–Crippen LogP) is 3.11. The van der Waals surface area contributed by atoms with Crippen molar-refractivity contribution in [2.45, 2.75) is 25.7 Å². The number of hydrogen-bond donors (Lipinski definition) is 1. The van der Waals surface area contributed by atoms with Gasteiger partial charge in [-0.2, -0.15) is 0 Å². The Hall–Kier alpha value is -2.18. The van der Waals surface area contributed by atoms with Crippen LogP contribution in [-0.4, -0.2) is 32.7 Å². The molecule has 2 aromatic carbocycles. The third-order valence-corrected chi connectivity index (χ3v) is 5.86. The van der Waals surface area contributed by atoms with Crippen LogP contribution in [-0.2, 0) is 10.0 Å². The van der Waals surface area contributed by atoms with Gasteiger partial charge in [-0.25, -0.2) is 12.7 Å². The van der Waals surface area contributed by atoms with Gasteiger partial charge >= 0.3 is 0 Å². The number of benzene rings is 2. The summed E-state index contributed by atoms with van der Waals surface area (Å²) in [4.78, 5) is 12.7. The molecular formula is C18H22N2O3S. The molecule has 1 N–H and O–H groups in total. The quantitative estimate of drug-likeness (QED) is 0.925. The van der Waals surface area contributed by atoms with Crippen LogP contribution < -0.4 is 5.32 Å². The number of sulfonamides is 1. The molecule has 2 aromatic rings. The minimum atomic E-state index is -3.61. The first-order valence-electron chi connectivity index (χ1n) is 7.54. The highest BCUT2D eigenvalue weighted by molar-refractivity contribution is 7.89. The topological polar surface area (TPSA) is 66.5 Å². The van der Waals surface area contributed by atoms with Crippen LogP contribution in [0.25, 0.3) is 0 Å². The Morgan fingerprint density at radius 1 is 1.04 bits per heavy atom. The van der Waals surface area contributed by atoms with Gasteiger partial charge in [0.1, 0.15) is 0 Å². The third-order valence-electron chi connectivity index (χ3n) is 3.92. The van der Waals surface area contributed by atoms with E-state index in [2.05, 4.69) is 5.32 Å². The van der Waals surface area contributed by atoms with E-state index in [9.17, 15) is 13.2 Å². The molecule has 5 nitrogen and oxygen atoms in total.